The lowest BCUT2D eigenvalue weighted by molar-refractivity contribution is -0.384. The maximum atomic E-state index is 12.9. The fourth-order valence-electron chi connectivity index (χ4n) is 5.65. The Labute approximate surface area is 260 Å². The molecule has 6 rings (SSSR count). The van der Waals surface area contributed by atoms with Crippen LogP contribution in [0.1, 0.15) is 44.2 Å². The number of carbonyl (C=O) groups is 1. The van der Waals surface area contributed by atoms with Gasteiger partial charge in [-0.25, -0.2) is 13.1 Å². The van der Waals surface area contributed by atoms with Crippen LogP contribution in [0.15, 0.2) is 138 Å². The van der Waals surface area contributed by atoms with Crippen LogP contribution in [0.5, 0.6) is 0 Å². The van der Waals surface area contributed by atoms with E-state index in [1.165, 1.54) is 12.1 Å². The molecule has 1 N–H and O–H groups in total. The lowest BCUT2D eigenvalue weighted by Gasteiger charge is -2.21. The third-order valence-electron chi connectivity index (χ3n) is 7.84. The van der Waals surface area contributed by atoms with Crippen LogP contribution in [0.4, 0.5) is 5.69 Å². The highest BCUT2D eigenvalue weighted by Gasteiger charge is 2.23. The molecule has 0 radical (unpaired) electrons. The van der Waals surface area contributed by atoms with E-state index in [1.807, 2.05) is 42.6 Å². The van der Waals surface area contributed by atoms with Gasteiger partial charge in [0.2, 0.25) is 0 Å². The third-order valence-corrected chi connectivity index (χ3v) is 9.33. The van der Waals surface area contributed by atoms with Gasteiger partial charge in [0.1, 0.15) is 0 Å². The van der Waals surface area contributed by atoms with Gasteiger partial charge in [0.15, 0.2) is 0 Å². The highest BCUT2D eigenvalue weighted by atomic mass is 32.2. The number of nitro benzene ring substituents is 1. The van der Waals surface area contributed by atoms with Crippen molar-refractivity contribution in [1.29, 1.82) is 0 Å². The summed E-state index contributed by atoms with van der Waals surface area (Å²) in [4.78, 5) is 24.3. The average Bonchev–Trinajstić information content (AvgIpc) is 3.39. The number of amides is 1. The zero-order chi connectivity index (χ0) is 31.6. The van der Waals surface area contributed by atoms with Crippen LogP contribution in [-0.4, -0.2) is 23.8 Å². The Balaban J connectivity index is 1.35. The number of hydrogen-bond donors (Lipinski definition) is 1. The molecular weight excluding hydrogens is 586 g/mol. The number of nitrogens with zero attached hydrogens (tertiary/aromatic N) is 2. The molecule has 5 aromatic carbocycles. The SMILES string of the molecule is Cc1ccccc1S(=O)(=O)NC(=O)c1ccc(Cc2cn(C(c3ccccc3)c3ccccc3)c3ccc([N+](=O)[O-])cc23)cc1. The van der Waals surface area contributed by atoms with E-state index in [1.54, 1.807) is 61.5 Å². The average molecular weight is 616 g/mol. The molecular formula is C36H29N3O5S. The first-order valence-corrected chi connectivity index (χ1v) is 15.8. The molecule has 0 bridgehead atoms. The van der Waals surface area contributed by atoms with E-state index in [0.29, 0.717) is 12.0 Å². The lowest BCUT2D eigenvalue weighted by atomic mass is 9.98. The second-order valence-electron chi connectivity index (χ2n) is 10.8. The van der Waals surface area contributed by atoms with Gasteiger partial charge in [0, 0.05) is 34.8 Å². The largest absolute Gasteiger partial charge is 0.336 e. The van der Waals surface area contributed by atoms with Gasteiger partial charge in [-0.3, -0.25) is 14.9 Å². The molecule has 9 heteroatoms. The molecule has 45 heavy (non-hydrogen) atoms. The Hall–Kier alpha value is -5.54. The molecule has 0 fully saturated rings. The predicted molar refractivity (Wildman–Crippen MR) is 174 cm³/mol. The molecule has 0 aliphatic rings. The van der Waals surface area contributed by atoms with E-state index in [0.717, 1.165) is 33.2 Å². The quantitative estimate of drug-likeness (QED) is 0.137. The molecule has 6 aromatic rings. The van der Waals surface area contributed by atoms with Gasteiger partial charge in [-0.05, 0) is 65.4 Å². The van der Waals surface area contributed by atoms with Crippen molar-refractivity contribution in [2.75, 3.05) is 0 Å². The standard InChI is InChI=1S/C36H29N3O5S/c1-25-10-8-9-15-34(25)45(43,44)37-36(40)29-18-16-26(17-19-29)22-30-24-38(33-21-20-31(39(41)42)23-32(30)33)35(27-11-4-2-5-12-27)28-13-6-3-7-14-28/h2-21,23-24,35H,22H2,1H3,(H,37,40). The normalized spacial score (nSPS) is 11.5. The van der Waals surface area contributed by atoms with Crippen molar-refractivity contribution in [3.63, 3.8) is 0 Å². The summed E-state index contributed by atoms with van der Waals surface area (Å²) in [7, 11) is -4.04. The summed E-state index contributed by atoms with van der Waals surface area (Å²) >= 11 is 0. The topological polar surface area (TPSA) is 111 Å². The van der Waals surface area contributed by atoms with E-state index < -0.39 is 20.9 Å². The summed E-state index contributed by atoms with van der Waals surface area (Å²) in [6.07, 6.45) is 2.47. The zero-order valence-corrected chi connectivity index (χ0v) is 25.1. The van der Waals surface area contributed by atoms with E-state index in [-0.39, 0.29) is 22.2 Å². The maximum absolute atomic E-state index is 12.9. The molecule has 0 spiro atoms. The third kappa shape index (κ3) is 6.11. The summed E-state index contributed by atoms with van der Waals surface area (Å²) in [5.41, 5.74) is 5.46. The lowest BCUT2D eigenvalue weighted by Crippen LogP contribution is -2.31. The molecule has 0 saturated heterocycles. The van der Waals surface area contributed by atoms with Crippen molar-refractivity contribution in [2.45, 2.75) is 24.3 Å². The van der Waals surface area contributed by atoms with Gasteiger partial charge in [0.25, 0.3) is 21.6 Å². The molecule has 1 amide bonds. The monoisotopic (exact) mass is 615 g/mol. The van der Waals surface area contributed by atoms with Crippen LogP contribution in [0.25, 0.3) is 10.9 Å². The van der Waals surface area contributed by atoms with Crippen LogP contribution >= 0.6 is 0 Å². The Bertz CT molecular complexity index is 2090. The second-order valence-corrected chi connectivity index (χ2v) is 12.5. The van der Waals surface area contributed by atoms with Crippen molar-refractivity contribution in [1.82, 2.24) is 9.29 Å². The summed E-state index contributed by atoms with van der Waals surface area (Å²) < 4.78 is 30.0. The van der Waals surface area contributed by atoms with Gasteiger partial charge < -0.3 is 4.57 Å². The van der Waals surface area contributed by atoms with Gasteiger partial charge >= 0.3 is 0 Å². The number of rotatable bonds is 9. The fourth-order valence-corrected chi connectivity index (χ4v) is 6.88. The number of carbonyl (C=O) groups excluding carboxylic acids is 1. The molecule has 0 aliphatic carbocycles. The van der Waals surface area contributed by atoms with Gasteiger partial charge in [-0.15, -0.1) is 0 Å². The zero-order valence-electron chi connectivity index (χ0n) is 24.3. The summed E-state index contributed by atoms with van der Waals surface area (Å²) in [5, 5.41) is 12.5. The molecule has 224 valence electrons. The second kappa shape index (κ2) is 12.2. The van der Waals surface area contributed by atoms with Crippen LogP contribution in [0.3, 0.4) is 0 Å². The highest BCUT2D eigenvalue weighted by molar-refractivity contribution is 7.90. The van der Waals surface area contributed by atoms with E-state index in [4.69, 9.17) is 0 Å². The molecule has 0 saturated carbocycles. The Kier molecular flexibility index (Phi) is 8.02. The number of hydrogen-bond acceptors (Lipinski definition) is 5. The summed E-state index contributed by atoms with van der Waals surface area (Å²) in [5.74, 6) is -0.731. The van der Waals surface area contributed by atoms with Gasteiger partial charge in [-0.2, -0.15) is 0 Å². The number of nitrogens with one attached hydrogen (secondary N) is 1. The minimum absolute atomic E-state index is 0.000599. The van der Waals surface area contributed by atoms with Crippen LogP contribution < -0.4 is 4.72 Å². The van der Waals surface area contributed by atoms with Crippen molar-refractivity contribution in [3.8, 4) is 0 Å². The van der Waals surface area contributed by atoms with E-state index >= 15 is 0 Å². The molecule has 0 atom stereocenters. The van der Waals surface area contributed by atoms with E-state index in [2.05, 4.69) is 33.6 Å². The molecule has 0 unspecified atom stereocenters. The fraction of sp³-hybridized carbons (Fsp3) is 0.0833. The van der Waals surface area contributed by atoms with Crippen molar-refractivity contribution < 1.29 is 18.1 Å². The van der Waals surface area contributed by atoms with Crippen molar-refractivity contribution >= 4 is 32.5 Å². The number of benzene rings is 5. The Morgan fingerprint density at radius 2 is 1.42 bits per heavy atom. The number of fused-ring (bicyclic) bond motifs is 1. The Morgan fingerprint density at radius 1 is 0.822 bits per heavy atom. The smallest absolute Gasteiger partial charge is 0.270 e. The number of nitro groups is 1. The first kappa shape index (κ1) is 29.5. The number of aromatic nitrogens is 1. The minimum atomic E-state index is -4.04. The van der Waals surface area contributed by atoms with Crippen LogP contribution in [0, 0.1) is 17.0 Å². The highest BCUT2D eigenvalue weighted by Crippen LogP contribution is 2.35. The number of non-ortho nitro benzene ring substituents is 1. The van der Waals surface area contributed by atoms with E-state index in [9.17, 15) is 23.3 Å². The number of aryl methyl sites for hydroxylation is 1. The van der Waals surface area contributed by atoms with Gasteiger partial charge in [-0.1, -0.05) is 91.0 Å². The number of sulfonamides is 1. The van der Waals surface area contributed by atoms with Gasteiger partial charge in [0.05, 0.1) is 15.9 Å². The maximum Gasteiger partial charge on any atom is 0.270 e. The predicted octanol–water partition coefficient (Wildman–Crippen LogP) is 7.21. The van der Waals surface area contributed by atoms with Crippen LogP contribution in [-0.2, 0) is 16.4 Å². The molecule has 1 heterocycles. The Morgan fingerprint density at radius 3 is 2.02 bits per heavy atom. The molecule has 1 aromatic heterocycles. The summed E-state index contributed by atoms with van der Waals surface area (Å²) in [6.45, 7) is 1.67. The first-order valence-electron chi connectivity index (χ1n) is 14.3. The van der Waals surface area contributed by atoms with Crippen LogP contribution in [0.2, 0.25) is 0 Å². The minimum Gasteiger partial charge on any atom is -0.336 e. The first-order chi connectivity index (χ1) is 21.7. The molecule has 0 aliphatic heterocycles. The molecule has 8 nitrogen and oxygen atoms in total. The van der Waals surface area contributed by atoms with Crippen molar-refractivity contribution in [2.24, 2.45) is 0 Å². The summed E-state index contributed by atoms with van der Waals surface area (Å²) in [6, 6.07) is 38.1. The van der Waals surface area contributed by atoms with Crippen molar-refractivity contribution in [3.05, 3.63) is 177 Å².